The Morgan fingerprint density at radius 3 is 2.53 bits per heavy atom. The van der Waals surface area contributed by atoms with Gasteiger partial charge in [0.2, 0.25) is 0 Å². The van der Waals surface area contributed by atoms with Gasteiger partial charge in [-0.2, -0.15) is 5.26 Å². The average Bonchev–Trinajstić information content (AvgIpc) is 2.45. The maximum Gasteiger partial charge on any atom is 0.163 e. The smallest absolute Gasteiger partial charge is 0.163 e. The highest BCUT2D eigenvalue weighted by Crippen LogP contribution is 2.11. The molecule has 0 saturated heterocycles. The molecule has 0 aliphatic heterocycles. The van der Waals surface area contributed by atoms with Crippen molar-refractivity contribution in [2.45, 2.75) is 12.8 Å². The lowest BCUT2D eigenvalue weighted by atomic mass is 10.0. The molecule has 0 bridgehead atoms. The predicted molar refractivity (Wildman–Crippen MR) is 70.2 cm³/mol. The van der Waals surface area contributed by atoms with Crippen molar-refractivity contribution < 1.29 is 9.18 Å². The van der Waals surface area contributed by atoms with E-state index in [1.807, 2.05) is 6.07 Å². The molecule has 0 aromatic heterocycles. The molecule has 0 fully saturated rings. The van der Waals surface area contributed by atoms with Crippen LogP contribution in [0.5, 0.6) is 0 Å². The van der Waals surface area contributed by atoms with Crippen LogP contribution in [-0.2, 0) is 6.42 Å². The van der Waals surface area contributed by atoms with Crippen LogP contribution in [0, 0.1) is 17.1 Å². The number of carbonyl (C=O) groups excluding carboxylic acids is 1. The monoisotopic (exact) mass is 253 g/mol. The number of hydrogen-bond acceptors (Lipinski definition) is 2. The Hall–Kier alpha value is -2.47. The molecule has 2 nitrogen and oxygen atoms in total. The fourth-order valence-electron chi connectivity index (χ4n) is 1.83. The number of hydrogen-bond donors (Lipinski definition) is 0. The zero-order valence-electron chi connectivity index (χ0n) is 10.3. The molecule has 0 spiro atoms. The maximum absolute atomic E-state index is 13.0. The van der Waals surface area contributed by atoms with Gasteiger partial charge in [-0.15, -0.1) is 0 Å². The number of aryl methyl sites for hydroxylation is 1. The van der Waals surface area contributed by atoms with E-state index in [2.05, 4.69) is 0 Å². The van der Waals surface area contributed by atoms with Gasteiger partial charge in [-0.25, -0.2) is 4.39 Å². The second-order valence-corrected chi connectivity index (χ2v) is 4.24. The minimum absolute atomic E-state index is 0.00579. The van der Waals surface area contributed by atoms with Gasteiger partial charge in [0.1, 0.15) is 5.82 Å². The second kappa shape index (κ2) is 5.92. The van der Waals surface area contributed by atoms with E-state index in [1.165, 1.54) is 12.1 Å². The third kappa shape index (κ3) is 3.49. The van der Waals surface area contributed by atoms with Crippen molar-refractivity contribution in [3.63, 3.8) is 0 Å². The Morgan fingerprint density at radius 2 is 1.89 bits per heavy atom. The predicted octanol–water partition coefficient (Wildman–Crippen LogP) is 3.51. The summed E-state index contributed by atoms with van der Waals surface area (Å²) >= 11 is 0. The van der Waals surface area contributed by atoms with Crippen molar-refractivity contribution in [1.29, 1.82) is 5.26 Å². The van der Waals surface area contributed by atoms with Crippen molar-refractivity contribution in [3.05, 3.63) is 71.0 Å². The summed E-state index contributed by atoms with van der Waals surface area (Å²) in [5.74, 6) is -0.294. The summed E-state index contributed by atoms with van der Waals surface area (Å²) in [6.07, 6.45) is 0.839. The Morgan fingerprint density at radius 1 is 1.16 bits per heavy atom. The van der Waals surface area contributed by atoms with Gasteiger partial charge in [0.25, 0.3) is 0 Å². The topological polar surface area (TPSA) is 40.9 Å². The number of Topliss-reactive ketones (excluding diaryl/α,β-unsaturated/α-hetero) is 1. The minimum Gasteiger partial charge on any atom is -0.294 e. The molecule has 94 valence electrons. The number of rotatable bonds is 4. The summed E-state index contributed by atoms with van der Waals surface area (Å²) in [5.41, 5.74) is 1.92. The van der Waals surface area contributed by atoms with Crippen LogP contribution in [0.15, 0.2) is 48.5 Å². The molecule has 2 aromatic rings. The Bertz CT molecular complexity index is 626. The van der Waals surface area contributed by atoms with Gasteiger partial charge < -0.3 is 0 Å². The van der Waals surface area contributed by atoms with E-state index in [-0.39, 0.29) is 11.6 Å². The highest BCUT2D eigenvalue weighted by atomic mass is 19.1. The summed E-state index contributed by atoms with van der Waals surface area (Å²) < 4.78 is 13.0. The molecule has 0 N–H and O–H groups in total. The third-order valence-electron chi connectivity index (χ3n) is 2.87. The van der Waals surface area contributed by atoms with Crippen LogP contribution in [0.25, 0.3) is 0 Å². The van der Waals surface area contributed by atoms with Crippen LogP contribution in [0.3, 0.4) is 0 Å². The molecule has 0 radical (unpaired) electrons. The number of halogens is 1. The minimum atomic E-state index is -0.289. The molecule has 2 rings (SSSR count). The Labute approximate surface area is 111 Å². The van der Waals surface area contributed by atoms with Crippen LogP contribution < -0.4 is 0 Å². The molecule has 2 aromatic carbocycles. The summed E-state index contributed by atoms with van der Waals surface area (Å²) in [6, 6.07) is 14.8. The van der Waals surface area contributed by atoms with E-state index >= 15 is 0 Å². The zero-order valence-corrected chi connectivity index (χ0v) is 10.3. The van der Waals surface area contributed by atoms with Crippen molar-refractivity contribution >= 4 is 5.78 Å². The molecular weight excluding hydrogens is 241 g/mol. The standard InChI is InChI=1S/C16H12FNO/c17-15-3-1-2-12(10-15)6-9-16(19)14-7-4-13(11-18)5-8-14/h1-5,7-8,10H,6,9H2. The van der Waals surface area contributed by atoms with Gasteiger partial charge in [-0.1, -0.05) is 24.3 Å². The Balaban J connectivity index is 1.99. The van der Waals surface area contributed by atoms with Gasteiger partial charge in [0, 0.05) is 12.0 Å². The van der Waals surface area contributed by atoms with E-state index in [1.54, 1.807) is 36.4 Å². The lowest BCUT2D eigenvalue weighted by molar-refractivity contribution is 0.0983. The van der Waals surface area contributed by atoms with Crippen LogP contribution in [-0.4, -0.2) is 5.78 Å². The quantitative estimate of drug-likeness (QED) is 0.782. The molecule has 0 amide bonds. The molecule has 0 aliphatic carbocycles. The molecular formula is C16H12FNO. The van der Waals surface area contributed by atoms with E-state index in [0.29, 0.717) is 24.0 Å². The van der Waals surface area contributed by atoms with Crippen molar-refractivity contribution in [1.82, 2.24) is 0 Å². The van der Waals surface area contributed by atoms with E-state index in [9.17, 15) is 9.18 Å². The zero-order chi connectivity index (χ0) is 13.7. The highest BCUT2D eigenvalue weighted by Gasteiger charge is 2.06. The second-order valence-electron chi connectivity index (χ2n) is 4.24. The van der Waals surface area contributed by atoms with Crippen LogP contribution in [0.1, 0.15) is 27.9 Å². The van der Waals surface area contributed by atoms with E-state index in [4.69, 9.17) is 5.26 Å². The SMILES string of the molecule is N#Cc1ccc(C(=O)CCc2cccc(F)c2)cc1. The molecule has 0 aliphatic rings. The molecule has 0 saturated carbocycles. The van der Waals surface area contributed by atoms with Crippen molar-refractivity contribution in [2.24, 2.45) is 0 Å². The first-order valence-corrected chi connectivity index (χ1v) is 5.97. The summed E-state index contributed by atoms with van der Waals surface area (Å²) in [4.78, 5) is 11.9. The van der Waals surface area contributed by atoms with Gasteiger partial charge in [0.05, 0.1) is 11.6 Å². The number of nitrogens with zero attached hydrogens (tertiary/aromatic N) is 1. The number of carbonyl (C=O) groups is 1. The molecule has 0 atom stereocenters. The lowest BCUT2D eigenvalue weighted by Gasteiger charge is -2.02. The third-order valence-corrected chi connectivity index (χ3v) is 2.87. The lowest BCUT2D eigenvalue weighted by Crippen LogP contribution is -2.01. The largest absolute Gasteiger partial charge is 0.294 e. The highest BCUT2D eigenvalue weighted by molar-refractivity contribution is 5.96. The van der Waals surface area contributed by atoms with Gasteiger partial charge >= 0.3 is 0 Å². The Kier molecular flexibility index (Phi) is 4.04. The summed E-state index contributed by atoms with van der Waals surface area (Å²) in [5, 5.41) is 8.67. The first-order valence-electron chi connectivity index (χ1n) is 5.97. The summed E-state index contributed by atoms with van der Waals surface area (Å²) in [7, 11) is 0. The number of ketones is 1. The van der Waals surface area contributed by atoms with E-state index < -0.39 is 0 Å². The fourth-order valence-corrected chi connectivity index (χ4v) is 1.83. The van der Waals surface area contributed by atoms with Crippen molar-refractivity contribution in [2.75, 3.05) is 0 Å². The molecule has 19 heavy (non-hydrogen) atoms. The summed E-state index contributed by atoms with van der Waals surface area (Å²) in [6.45, 7) is 0. The van der Waals surface area contributed by atoms with Gasteiger partial charge in [-0.05, 0) is 36.2 Å². The number of nitriles is 1. The normalized spacial score (nSPS) is 9.89. The van der Waals surface area contributed by atoms with Gasteiger partial charge in [0.15, 0.2) is 5.78 Å². The van der Waals surface area contributed by atoms with Gasteiger partial charge in [-0.3, -0.25) is 4.79 Å². The van der Waals surface area contributed by atoms with Crippen molar-refractivity contribution in [3.8, 4) is 6.07 Å². The van der Waals surface area contributed by atoms with E-state index in [0.717, 1.165) is 5.56 Å². The first-order chi connectivity index (χ1) is 9.19. The average molecular weight is 253 g/mol. The first kappa shape index (κ1) is 13.0. The van der Waals surface area contributed by atoms with Crippen LogP contribution in [0.4, 0.5) is 4.39 Å². The molecule has 3 heteroatoms. The van der Waals surface area contributed by atoms with Crippen LogP contribution in [0.2, 0.25) is 0 Å². The fraction of sp³-hybridized carbons (Fsp3) is 0.125. The number of benzene rings is 2. The maximum atomic E-state index is 13.0. The molecule has 0 heterocycles. The molecule has 0 unspecified atom stereocenters. The van der Waals surface area contributed by atoms with Crippen LogP contribution >= 0.6 is 0 Å².